The van der Waals surface area contributed by atoms with Crippen LogP contribution in [-0.4, -0.2) is 21.8 Å². The van der Waals surface area contributed by atoms with Crippen LogP contribution in [0, 0.1) is 12.7 Å². The van der Waals surface area contributed by atoms with Gasteiger partial charge in [-0.15, -0.1) is 0 Å². The predicted octanol–water partition coefficient (Wildman–Crippen LogP) is 4.99. The molecule has 3 aromatic carbocycles. The first-order chi connectivity index (χ1) is 15.5. The lowest BCUT2D eigenvalue weighted by Gasteiger charge is -2.07. The van der Waals surface area contributed by atoms with Crippen LogP contribution in [0.2, 0.25) is 0 Å². The average Bonchev–Trinajstić information content (AvgIpc) is 3.29. The Kier molecular flexibility index (Phi) is 6.17. The summed E-state index contributed by atoms with van der Waals surface area (Å²) >= 11 is 0. The molecule has 4 aromatic rings. The van der Waals surface area contributed by atoms with Crippen LogP contribution in [0.5, 0.6) is 0 Å². The minimum atomic E-state index is -0.346. The molecule has 4 rings (SSSR count). The fraction of sp³-hybridized carbons (Fsp3) is 0.120. The summed E-state index contributed by atoms with van der Waals surface area (Å²) in [5, 5.41) is 6.64. The molecule has 7 heteroatoms. The van der Waals surface area contributed by atoms with Crippen molar-refractivity contribution in [2.75, 3.05) is 5.32 Å². The number of anilines is 1. The van der Waals surface area contributed by atoms with E-state index in [-0.39, 0.29) is 42.1 Å². The zero-order chi connectivity index (χ0) is 22.5. The van der Waals surface area contributed by atoms with Gasteiger partial charge in [-0.05, 0) is 30.7 Å². The van der Waals surface area contributed by atoms with E-state index in [0.29, 0.717) is 27.9 Å². The molecule has 0 radical (unpaired) electrons. The molecular weight excluding hydrogens is 409 g/mol. The lowest BCUT2D eigenvalue weighted by atomic mass is 10.0. The van der Waals surface area contributed by atoms with Crippen LogP contribution in [0.1, 0.15) is 33.8 Å². The van der Waals surface area contributed by atoms with Crippen LogP contribution in [0.25, 0.3) is 11.4 Å². The third-order valence-electron chi connectivity index (χ3n) is 4.91. The summed E-state index contributed by atoms with van der Waals surface area (Å²) in [6.45, 7) is 1.67. The highest BCUT2D eigenvalue weighted by Gasteiger charge is 2.13. The molecule has 0 bridgehead atoms. The fourth-order valence-electron chi connectivity index (χ4n) is 3.14. The molecule has 0 aliphatic carbocycles. The minimum absolute atomic E-state index is 0.112. The van der Waals surface area contributed by atoms with Crippen LogP contribution in [0.3, 0.4) is 0 Å². The van der Waals surface area contributed by atoms with Crippen molar-refractivity contribution in [1.82, 2.24) is 10.1 Å². The molecule has 1 heterocycles. The van der Waals surface area contributed by atoms with Gasteiger partial charge in [-0.1, -0.05) is 59.8 Å². The lowest BCUT2D eigenvalue weighted by molar-refractivity contribution is -0.116. The van der Waals surface area contributed by atoms with Crippen molar-refractivity contribution in [1.29, 1.82) is 0 Å². The summed E-state index contributed by atoms with van der Waals surface area (Å²) in [6, 6.07) is 20.4. The van der Waals surface area contributed by atoms with Crippen molar-refractivity contribution in [2.45, 2.75) is 19.8 Å². The number of nitrogens with zero attached hydrogens (tertiary/aromatic N) is 2. The van der Waals surface area contributed by atoms with Gasteiger partial charge in [0.25, 0.3) is 0 Å². The van der Waals surface area contributed by atoms with Gasteiger partial charge in [0.15, 0.2) is 5.78 Å². The standard InChI is InChI=1S/C25H20FN3O3/c1-16-10-11-19(15-21(16)26)25-28-23(32-29-25)13-12-22(30)27-20-9-5-8-18(14-20)24(31)17-6-3-2-4-7-17/h2-11,14-15H,12-13H2,1H3,(H,27,30). The molecule has 0 unspecified atom stereocenters. The van der Waals surface area contributed by atoms with Gasteiger partial charge in [-0.3, -0.25) is 9.59 Å². The van der Waals surface area contributed by atoms with Gasteiger partial charge in [-0.2, -0.15) is 4.98 Å². The van der Waals surface area contributed by atoms with E-state index < -0.39 is 0 Å². The van der Waals surface area contributed by atoms with Gasteiger partial charge in [0.05, 0.1) is 0 Å². The van der Waals surface area contributed by atoms with Gasteiger partial charge in [0, 0.05) is 35.2 Å². The van der Waals surface area contributed by atoms with E-state index in [2.05, 4.69) is 15.5 Å². The second-order valence-electron chi connectivity index (χ2n) is 7.30. The molecule has 160 valence electrons. The largest absolute Gasteiger partial charge is 0.339 e. The van der Waals surface area contributed by atoms with Gasteiger partial charge >= 0.3 is 0 Å². The second kappa shape index (κ2) is 9.34. The Hall–Kier alpha value is -4.13. The summed E-state index contributed by atoms with van der Waals surface area (Å²) in [7, 11) is 0. The number of amides is 1. The number of halogens is 1. The molecule has 0 fully saturated rings. The normalized spacial score (nSPS) is 10.7. The quantitative estimate of drug-likeness (QED) is 0.419. The van der Waals surface area contributed by atoms with Crippen LogP contribution in [-0.2, 0) is 11.2 Å². The lowest BCUT2D eigenvalue weighted by Crippen LogP contribution is -2.13. The number of carbonyl (C=O) groups is 2. The van der Waals surface area contributed by atoms with Crippen molar-refractivity contribution in [2.24, 2.45) is 0 Å². The van der Waals surface area contributed by atoms with E-state index in [1.165, 1.54) is 6.07 Å². The summed E-state index contributed by atoms with van der Waals surface area (Å²) in [5.74, 6) is -0.167. The Morgan fingerprint density at radius 1 is 0.969 bits per heavy atom. The van der Waals surface area contributed by atoms with E-state index >= 15 is 0 Å². The molecule has 6 nitrogen and oxygen atoms in total. The van der Waals surface area contributed by atoms with Crippen LogP contribution in [0.4, 0.5) is 10.1 Å². The first-order valence-electron chi connectivity index (χ1n) is 10.1. The van der Waals surface area contributed by atoms with E-state index in [0.717, 1.165) is 0 Å². The number of ketones is 1. The summed E-state index contributed by atoms with van der Waals surface area (Å²) in [5.41, 5.74) is 2.63. The minimum Gasteiger partial charge on any atom is -0.339 e. The number of hydrogen-bond donors (Lipinski definition) is 1. The molecule has 0 saturated heterocycles. The van der Waals surface area contributed by atoms with E-state index in [1.54, 1.807) is 67.6 Å². The van der Waals surface area contributed by atoms with E-state index in [4.69, 9.17) is 4.52 Å². The molecular formula is C25H20FN3O3. The molecule has 0 aliphatic rings. The third-order valence-corrected chi connectivity index (χ3v) is 4.91. The highest BCUT2D eigenvalue weighted by atomic mass is 19.1. The number of rotatable bonds is 7. The molecule has 1 amide bonds. The van der Waals surface area contributed by atoms with Crippen LogP contribution >= 0.6 is 0 Å². The summed E-state index contributed by atoms with van der Waals surface area (Å²) < 4.78 is 18.9. The maximum Gasteiger partial charge on any atom is 0.227 e. The Labute approximate surface area is 184 Å². The molecule has 1 N–H and O–H groups in total. The van der Waals surface area contributed by atoms with Crippen molar-refractivity contribution in [3.8, 4) is 11.4 Å². The molecule has 0 saturated carbocycles. The molecule has 0 spiro atoms. The van der Waals surface area contributed by atoms with E-state index in [9.17, 15) is 14.0 Å². The molecule has 0 atom stereocenters. The zero-order valence-corrected chi connectivity index (χ0v) is 17.3. The summed E-state index contributed by atoms with van der Waals surface area (Å²) in [6.07, 6.45) is 0.344. The number of aromatic nitrogens is 2. The molecule has 32 heavy (non-hydrogen) atoms. The van der Waals surface area contributed by atoms with Gasteiger partial charge in [-0.25, -0.2) is 4.39 Å². The Morgan fingerprint density at radius 3 is 2.53 bits per heavy atom. The highest BCUT2D eigenvalue weighted by molar-refractivity contribution is 6.09. The number of carbonyl (C=O) groups excluding carboxylic acids is 2. The van der Waals surface area contributed by atoms with Gasteiger partial charge < -0.3 is 9.84 Å². The zero-order valence-electron chi connectivity index (χ0n) is 17.3. The topological polar surface area (TPSA) is 85.1 Å². The SMILES string of the molecule is Cc1ccc(-c2noc(CCC(=O)Nc3cccc(C(=O)c4ccccc4)c3)n2)cc1F. The van der Waals surface area contributed by atoms with Crippen molar-refractivity contribution in [3.63, 3.8) is 0 Å². The maximum absolute atomic E-state index is 13.7. The summed E-state index contributed by atoms with van der Waals surface area (Å²) in [4.78, 5) is 29.2. The highest BCUT2D eigenvalue weighted by Crippen LogP contribution is 2.20. The number of hydrogen-bond acceptors (Lipinski definition) is 5. The van der Waals surface area contributed by atoms with Crippen molar-refractivity contribution in [3.05, 3.63) is 101 Å². The van der Waals surface area contributed by atoms with Gasteiger partial charge in [0.1, 0.15) is 5.82 Å². The monoisotopic (exact) mass is 429 g/mol. The fourth-order valence-corrected chi connectivity index (χ4v) is 3.14. The van der Waals surface area contributed by atoms with Crippen molar-refractivity contribution >= 4 is 17.4 Å². The number of benzene rings is 3. The van der Waals surface area contributed by atoms with Gasteiger partial charge in [0.2, 0.25) is 17.6 Å². The number of aryl methyl sites for hydroxylation is 2. The second-order valence-corrected chi connectivity index (χ2v) is 7.30. The molecule has 1 aromatic heterocycles. The first-order valence-corrected chi connectivity index (χ1v) is 10.1. The van der Waals surface area contributed by atoms with E-state index in [1.807, 2.05) is 6.07 Å². The first kappa shape index (κ1) is 21.1. The van der Waals surface area contributed by atoms with Crippen molar-refractivity contribution < 1.29 is 18.5 Å². The Bertz CT molecular complexity index is 1270. The molecule has 0 aliphatic heterocycles. The Morgan fingerprint density at radius 2 is 1.75 bits per heavy atom. The van der Waals surface area contributed by atoms with Crippen LogP contribution in [0.15, 0.2) is 77.3 Å². The smallest absolute Gasteiger partial charge is 0.227 e. The Balaban J connectivity index is 1.36. The predicted molar refractivity (Wildman–Crippen MR) is 118 cm³/mol. The average molecular weight is 429 g/mol. The third kappa shape index (κ3) is 4.95. The van der Waals surface area contributed by atoms with Crippen LogP contribution < -0.4 is 5.32 Å². The number of nitrogens with one attached hydrogen (secondary N) is 1. The maximum atomic E-state index is 13.7.